The summed E-state index contributed by atoms with van der Waals surface area (Å²) < 4.78 is 8.74. The van der Waals surface area contributed by atoms with Gasteiger partial charge in [-0.3, -0.25) is 4.57 Å². The summed E-state index contributed by atoms with van der Waals surface area (Å²) in [6.07, 6.45) is 0. The van der Waals surface area contributed by atoms with Gasteiger partial charge in [-0.2, -0.15) is 0 Å². The molecule has 6 heavy (non-hydrogen) atoms. The third kappa shape index (κ3) is 48.6. The maximum absolute atomic E-state index is 8.74. The Morgan fingerprint density at radius 3 is 1.33 bits per heavy atom. The van der Waals surface area contributed by atoms with Gasteiger partial charge in [0.2, 0.25) is 0 Å². The second kappa shape index (κ2) is 9.73. The molecule has 0 aliphatic carbocycles. The maximum atomic E-state index is 8.74. The van der Waals surface area contributed by atoms with E-state index in [0.717, 1.165) is 0 Å². The monoisotopic (exact) mass is 364 g/mol. The zero-order valence-corrected chi connectivity index (χ0v) is 8.56. The fourth-order valence-corrected chi connectivity index (χ4v) is 0. The van der Waals surface area contributed by atoms with E-state index in [0.29, 0.717) is 0 Å². The van der Waals surface area contributed by atoms with Crippen LogP contribution in [0.2, 0.25) is 0 Å². The van der Waals surface area contributed by atoms with E-state index < -0.39 is 8.25 Å². The fourth-order valence-electron chi connectivity index (χ4n) is 0. The van der Waals surface area contributed by atoms with Gasteiger partial charge in [0.05, 0.1) is 0 Å². The SMILES string of the molecule is O=[PH](O)O.[Mo].[W]. The Labute approximate surface area is 64.6 Å². The van der Waals surface area contributed by atoms with Crippen LogP contribution in [0.25, 0.3) is 0 Å². The number of rotatable bonds is 0. The molecule has 0 aromatic rings. The summed E-state index contributed by atoms with van der Waals surface area (Å²) in [5, 5.41) is 0. The molecular weight excluding hydrogens is 359 g/mol. The van der Waals surface area contributed by atoms with Crippen LogP contribution in [-0.2, 0) is 46.7 Å². The Kier molecular flexibility index (Phi) is 25.4. The summed E-state index contributed by atoms with van der Waals surface area (Å²) in [6.45, 7) is 0. The molecule has 0 radical (unpaired) electrons. The summed E-state index contributed by atoms with van der Waals surface area (Å²) in [4.78, 5) is 14.3. The van der Waals surface area contributed by atoms with Gasteiger partial charge in [0, 0.05) is 42.1 Å². The Bertz CT molecular complexity index is 33.8. The van der Waals surface area contributed by atoms with Crippen molar-refractivity contribution in [2.24, 2.45) is 0 Å². The smallest absolute Gasteiger partial charge is 0.314 e. The van der Waals surface area contributed by atoms with Crippen molar-refractivity contribution in [3.8, 4) is 0 Å². The van der Waals surface area contributed by atoms with Crippen molar-refractivity contribution < 1.29 is 56.5 Å². The Morgan fingerprint density at radius 2 is 1.33 bits per heavy atom. The van der Waals surface area contributed by atoms with E-state index >= 15 is 0 Å². The van der Waals surface area contributed by atoms with Gasteiger partial charge >= 0.3 is 8.25 Å². The van der Waals surface area contributed by atoms with Gasteiger partial charge < -0.3 is 9.79 Å². The van der Waals surface area contributed by atoms with E-state index in [2.05, 4.69) is 0 Å². The molecule has 0 aromatic carbocycles. The molecule has 0 saturated carbocycles. The van der Waals surface area contributed by atoms with Crippen molar-refractivity contribution in [3.05, 3.63) is 0 Å². The third-order valence-electron chi connectivity index (χ3n) is 0. The number of hydrogen-bond donors (Lipinski definition) is 2. The molecule has 6 heteroatoms. The van der Waals surface area contributed by atoms with E-state index in [9.17, 15) is 0 Å². The van der Waals surface area contributed by atoms with E-state index in [4.69, 9.17) is 14.4 Å². The van der Waals surface area contributed by atoms with Crippen LogP contribution in [-0.4, -0.2) is 9.79 Å². The Balaban J connectivity index is -0.0000000450. The van der Waals surface area contributed by atoms with Crippen LogP contribution in [0, 0.1) is 0 Å². The zero-order valence-electron chi connectivity index (χ0n) is 2.62. The summed E-state index contributed by atoms with van der Waals surface area (Å²) >= 11 is 0. The molecule has 0 rings (SSSR count). The van der Waals surface area contributed by atoms with Gasteiger partial charge in [0.25, 0.3) is 0 Å². The van der Waals surface area contributed by atoms with Gasteiger partial charge in [-0.15, -0.1) is 0 Å². The summed E-state index contributed by atoms with van der Waals surface area (Å²) in [5.74, 6) is 0. The third-order valence-corrected chi connectivity index (χ3v) is 0. The molecule has 0 aliphatic rings. The molecule has 3 nitrogen and oxygen atoms in total. The van der Waals surface area contributed by atoms with Crippen LogP contribution < -0.4 is 0 Å². The Morgan fingerprint density at radius 1 is 1.33 bits per heavy atom. The molecule has 0 spiro atoms. The van der Waals surface area contributed by atoms with Crippen LogP contribution in [0.3, 0.4) is 0 Å². The second-order valence-electron chi connectivity index (χ2n) is 0.283. The van der Waals surface area contributed by atoms with Crippen molar-refractivity contribution in [2.45, 2.75) is 0 Å². The largest absolute Gasteiger partial charge is 0.326 e. The first-order valence-corrected chi connectivity index (χ1v) is 1.95. The van der Waals surface area contributed by atoms with Crippen LogP contribution in [0.5, 0.6) is 0 Å². The van der Waals surface area contributed by atoms with Crippen LogP contribution in [0.4, 0.5) is 0 Å². The minimum Gasteiger partial charge on any atom is -0.326 e. The predicted molar refractivity (Wildman–Crippen MR) is 13.4 cm³/mol. The molecule has 0 atom stereocenters. The first kappa shape index (κ1) is 15.6. The molecule has 0 heterocycles. The molecule has 0 aliphatic heterocycles. The zero-order chi connectivity index (χ0) is 3.58. The summed E-state index contributed by atoms with van der Waals surface area (Å²) in [5.41, 5.74) is 0. The average Bonchev–Trinajstić information content (AvgIpc) is 0.811. The first-order valence-electron chi connectivity index (χ1n) is 0.651. The van der Waals surface area contributed by atoms with Crippen molar-refractivity contribution in [1.29, 1.82) is 0 Å². The van der Waals surface area contributed by atoms with Crippen molar-refractivity contribution in [2.75, 3.05) is 0 Å². The normalized spacial score (nSPS) is 5.83. The minimum absolute atomic E-state index is 0. The van der Waals surface area contributed by atoms with Crippen molar-refractivity contribution in [3.63, 3.8) is 0 Å². The van der Waals surface area contributed by atoms with Gasteiger partial charge in [-0.25, -0.2) is 0 Å². The summed E-state index contributed by atoms with van der Waals surface area (Å²) in [6, 6.07) is 0. The molecular formula is H3MoO3PW. The maximum Gasteiger partial charge on any atom is 0.314 e. The topological polar surface area (TPSA) is 57.5 Å². The van der Waals surface area contributed by atoms with Crippen LogP contribution >= 0.6 is 8.25 Å². The molecule has 2 N–H and O–H groups in total. The fraction of sp³-hybridized carbons (Fsp3) is 0. The number of hydrogen-bond acceptors (Lipinski definition) is 1. The minimum atomic E-state index is -3.13. The van der Waals surface area contributed by atoms with Crippen LogP contribution in [0.1, 0.15) is 0 Å². The Hall–Kier alpha value is 1.53. The molecule has 38 valence electrons. The van der Waals surface area contributed by atoms with Crippen LogP contribution in [0.15, 0.2) is 0 Å². The standard InChI is InChI=1S/Mo.H3O3P.W/c;1-4(2)3;/h;4H,(H2,1,2,3);. The molecule has 0 aromatic heterocycles. The van der Waals surface area contributed by atoms with Gasteiger partial charge in [-0.1, -0.05) is 0 Å². The van der Waals surface area contributed by atoms with Gasteiger partial charge in [-0.05, 0) is 0 Å². The van der Waals surface area contributed by atoms with E-state index in [1.807, 2.05) is 0 Å². The second-order valence-corrected chi connectivity index (χ2v) is 0.848. The predicted octanol–water partition coefficient (Wildman–Crippen LogP) is -0.644. The van der Waals surface area contributed by atoms with E-state index in [1.54, 1.807) is 0 Å². The van der Waals surface area contributed by atoms with Gasteiger partial charge in [0.1, 0.15) is 0 Å². The molecule has 0 amide bonds. The van der Waals surface area contributed by atoms with E-state index in [-0.39, 0.29) is 42.1 Å². The van der Waals surface area contributed by atoms with E-state index in [1.165, 1.54) is 0 Å². The molecule has 0 saturated heterocycles. The average molecular weight is 362 g/mol. The molecule has 0 unspecified atom stereocenters. The summed E-state index contributed by atoms with van der Waals surface area (Å²) in [7, 11) is -3.13. The van der Waals surface area contributed by atoms with Crippen molar-refractivity contribution in [1.82, 2.24) is 0 Å². The quantitative estimate of drug-likeness (QED) is 0.445. The van der Waals surface area contributed by atoms with Crippen molar-refractivity contribution >= 4 is 8.25 Å². The molecule has 0 bridgehead atoms. The van der Waals surface area contributed by atoms with Gasteiger partial charge in [0.15, 0.2) is 0 Å². The first-order chi connectivity index (χ1) is 1.73. The molecule has 0 fully saturated rings.